The van der Waals surface area contributed by atoms with Crippen LogP contribution in [0.3, 0.4) is 0 Å². The molecule has 0 aliphatic heterocycles. The standard InChI is InChI=1S/C17H24N2O5/c1-17(2,3)24-16(22)18-11-10-13(15(21)23-4)19-14(20)12-8-6-5-7-9-12/h5-9,13H,10-11H2,1-4H3,(H,18,22)(H,19,20). The van der Waals surface area contributed by atoms with E-state index in [0.29, 0.717) is 5.56 Å². The van der Waals surface area contributed by atoms with Crippen molar-refractivity contribution in [3.05, 3.63) is 35.9 Å². The number of esters is 1. The fourth-order valence-electron chi connectivity index (χ4n) is 1.86. The van der Waals surface area contributed by atoms with E-state index in [1.54, 1.807) is 51.1 Å². The molecule has 1 aromatic rings. The molecular formula is C17H24N2O5. The second-order valence-electron chi connectivity index (χ2n) is 6.13. The number of carbonyl (C=O) groups is 3. The van der Waals surface area contributed by atoms with Crippen LogP contribution in [-0.4, -0.2) is 43.3 Å². The summed E-state index contributed by atoms with van der Waals surface area (Å²) in [6.45, 7) is 5.42. The highest BCUT2D eigenvalue weighted by molar-refractivity contribution is 5.96. The van der Waals surface area contributed by atoms with Crippen LogP contribution in [0.2, 0.25) is 0 Å². The van der Waals surface area contributed by atoms with Gasteiger partial charge in [-0.05, 0) is 39.3 Å². The molecule has 7 nitrogen and oxygen atoms in total. The van der Waals surface area contributed by atoms with Crippen molar-refractivity contribution in [3.63, 3.8) is 0 Å². The molecule has 24 heavy (non-hydrogen) atoms. The highest BCUT2D eigenvalue weighted by Crippen LogP contribution is 2.06. The molecule has 0 heterocycles. The van der Waals surface area contributed by atoms with Crippen LogP contribution in [0.5, 0.6) is 0 Å². The maximum Gasteiger partial charge on any atom is 0.407 e. The van der Waals surface area contributed by atoms with E-state index in [1.807, 2.05) is 0 Å². The van der Waals surface area contributed by atoms with E-state index in [9.17, 15) is 14.4 Å². The molecule has 0 fully saturated rings. The summed E-state index contributed by atoms with van der Waals surface area (Å²) in [5, 5.41) is 5.14. The van der Waals surface area contributed by atoms with E-state index >= 15 is 0 Å². The maximum atomic E-state index is 12.1. The molecule has 0 radical (unpaired) electrons. The van der Waals surface area contributed by atoms with Gasteiger partial charge in [0.25, 0.3) is 5.91 Å². The highest BCUT2D eigenvalue weighted by atomic mass is 16.6. The molecule has 0 aromatic heterocycles. The Bertz CT molecular complexity index is 566. The van der Waals surface area contributed by atoms with Gasteiger partial charge in [0.05, 0.1) is 7.11 Å². The summed E-state index contributed by atoms with van der Waals surface area (Å²) in [5.74, 6) is -0.964. The van der Waals surface area contributed by atoms with E-state index in [2.05, 4.69) is 15.4 Å². The normalized spacial score (nSPS) is 12.0. The van der Waals surface area contributed by atoms with Gasteiger partial charge in [-0.25, -0.2) is 9.59 Å². The molecule has 0 aliphatic rings. The first-order valence-electron chi connectivity index (χ1n) is 7.63. The fourth-order valence-corrected chi connectivity index (χ4v) is 1.86. The molecular weight excluding hydrogens is 312 g/mol. The summed E-state index contributed by atoms with van der Waals surface area (Å²) in [7, 11) is 1.24. The topological polar surface area (TPSA) is 93.7 Å². The lowest BCUT2D eigenvalue weighted by Gasteiger charge is -2.20. The maximum absolute atomic E-state index is 12.1. The Labute approximate surface area is 141 Å². The molecule has 0 spiro atoms. The average Bonchev–Trinajstić information content (AvgIpc) is 2.52. The lowest BCUT2D eigenvalue weighted by Crippen LogP contribution is -2.44. The molecule has 2 amide bonds. The van der Waals surface area contributed by atoms with Gasteiger partial charge in [0.1, 0.15) is 11.6 Å². The van der Waals surface area contributed by atoms with Crippen molar-refractivity contribution in [2.75, 3.05) is 13.7 Å². The van der Waals surface area contributed by atoms with Crippen LogP contribution in [0.15, 0.2) is 30.3 Å². The van der Waals surface area contributed by atoms with Crippen molar-refractivity contribution in [1.82, 2.24) is 10.6 Å². The Morgan fingerprint density at radius 1 is 1.12 bits per heavy atom. The van der Waals surface area contributed by atoms with E-state index < -0.39 is 23.7 Å². The van der Waals surface area contributed by atoms with Crippen LogP contribution < -0.4 is 10.6 Å². The van der Waals surface area contributed by atoms with Crippen LogP contribution >= 0.6 is 0 Å². The van der Waals surface area contributed by atoms with Gasteiger partial charge in [0, 0.05) is 12.1 Å². The average molecular weight is 336 g/mol. The van der Waals surface area contributed by atoms with Crippen molar-refractivity contribution in [3.8, 4) is 0 Å². The van der Waals surface area contributed by atoms with Gasteiger partial charge in [-0.1, -0.05) is 18.2 Å². The first kappa shape index (κ1) is 19.5. The van der Waals surface area contributed by atoms with Gasteiger partial charge in [-0.15, -0.1) is 0 Å². The number of methoxy groups -OCH3 is 1. The Morgan fingerprint density at radius 2 is 1.75 bits per heavy atom. The van der Waals surface area contributed by atoms with Crippen LogP contribution in [-0.2, 0) is 14.3 Å². The van der Waals surface area contributed by atoms with Gasteiger partial charge in [0.15, 0.2) is 0 Å². The summed E-state index contributed by atoms with van der Waals surface area (Å²) in [6.07, 6.45) is -0.398. The number of carbonyl (C=O) groups excluding carboxylic acids is 3. The van der Waals surface area contributed by atoms with Gasteiger partial charge in [-0.3, -0.25) is 4.79 Å². The second kappa shape index (κ2) is 8.90. The van der Waals surface area contributed by atoms with Crippen molar-refractivity contribution in [2.24, 2.45) is 0 Å². The lowest BCUT2D eigenvalue weighted by atomic mass is 10.1. The van der Waals surface area contributed by atoms with Crippen molar-refractivity contribution < 1.29 is 23.9 Å². The molecule has 0 bridgehead atoms. The summed E-state index contributed by atoms with van der Waals surface area (Å²) in [4.78, 5) is 35.5. The van der Waals surface area contributed by atoms with E-state index in [1.165, 1.54) is 7.11 Å². The number of amides is 2. The van der Waals surface area contributed by atoms with Crippen LogP contribution in [0.1, 0.15) is 37.6 Å². The molecule has 1 rings (SSSR count). The number of benzene rings is 1. The zero-order valence-corrected chi connectivity index (χ0v) is 14.4. The number of hydrogen-bond acceptors (Lipinski definition) is 5. The number of hydrogen-bond donors (Lipinski definition) is 2. The minimum atomic E-state index is -0.863. The molecule has 132 valence electrons. The predicted octanol–water partition coefficient (Wildman–Crippen LogP) is 1.87. The molecule has 1 unspecified atom stereocenters. The molecule has 1 aromatic carbocycles. The SMILES string of the molecule is COC(=O)C(CCNC(=O)OC(C)(C)C)NC(=O)c1ccccc1. The lowest BCUT2D eigenvalue weighted by molar-refractivity contribution is -0.143. The third-order valence-electron chi connectivity index (χ3n) is 2.93. The number of alkyl carbamates (subject to hydrolysis) is 1. The number of ether oxygens (including phenoxy) is 2. The van der Waals surface area contributed by atoms with Crippen molar-refractivity contribution in [2.45, 2.75) is 38.8 Å². The molecule has 2 N–H and O–H groups in total. The van der Waals surface area contributed by atoms with E-state index in [4.69, 9.17) is 4.74 Å². The Hall–Kier alpha value is -2.57. The molecule has 0 saturated carbocycles. The molecule has 7 heteroatoms. The van der Waals surface area contributed by atoms with Gasteiger partial charge in [0.2, 0.25) is 0 Å². The summed E-state index contributed by atoms with van der Waals surface area (Å²) in [6, 6.07) is 7.67. The monoisotopic (exact) mass is 336 g/mol. The summed E-state index contributed by atoms with van der Waals surface area (Å²) in [5.41, 5.74) is -0.167. The minimum absolute atomic E-state index is 0.156. The second-order valence-corrected chi connectivity index (χ2v) is 6.13. The first-order valence-corrected chi connectivity index (χ1v) is 7.63. The quantitative estimate of drug-likeness (QED) is 0.774. The molecule has 1 atom stereocenters. The number of rotatable bonds is 6. The summed E-state index contributed by atoms with van der Waals surface area (Å²) >= 11 is 0. The Balaban J connectivity index is 2.56. The van der Waals surface area contributed by atoms with Crippen LogP contribution in [0, 0.1) is 0 Å². The van der Waals surface area contributed by atoms with E-state index in [-0.39, 0.29) is 18.9 Å². The molecule has 0 aliphatic carbocycles. The minimum Gasteiger partial charge on any atom is -0.467 e. The zero-order chi connectivity index (χ0) is 18.2. The molecule has 0 saturated heterocycles. The van der Waals surface area contributed by atoms with E-state index in [0.717, 1.165) is 0 Å². The third-order valence-corrected chi connectivity index (χ3v) is 2.93. The highest BCUT2D eigenvalue weighted by Gasteiger charge is 2.23. The Kier molecular flexibility index (Phi) is 7.23. The van der Waals surface area contributed by atoms with Gasteiger partial charge in [-0.2, -0.15) is 0 Å². The van der Waals surface area contributed by atoms with Crippen LogP contribution in [0.4, 0.5) is 4.79 Å². The fraction of sp³-hybridized carbons (Fsp3) is 0.471. The predicted molar refractivity (Wildman–Crippen MR) is 88.6 cm³/mol. The smallest absolute Gasteiger partial charge is 0.407 e. The van der Waals surface area contributed by atoms with Crippen molar-refractivity contribution in [1.29, 1.82) is 0 Å². The number of nitrogens with one attached hydrogen (secondary N) is 2. The van der Waals surface area contributed by atoms with Crippen LogP contribution in [0.25, 0.3) is 0 Å². The third kappa shape index (κ3) is 7.13. The van der Waals surface area contributed by atoms with Crippen molar-refractivity contribution >= 4 is 18.0 Å². The Morgan fingerprint density at radius 3 is 2.29 bits per heavy atom. The zero-order valence-electron chi connectivity index (χ0n) is 14.4. The largest absolute Gasteiger partial charge is 0.467 e. The summed E-state index contributed by atoms with van der Waals surface area (Å²) < 4.78 is 9.79. The van der Waals surface area contributed by atoms with Gasteiger partial charge < -0.3 is 20.1 Å². The van der Waals surface area contributed by atoms with Gasteiger partial charge >= 0.3 is 12.1 Å². The first-order chi connectivity index (χ1) is 11.2.